The molecule has 47 heavy (non-hydrogen) atoms. The SMILES string of the molecule is C=C(C)c1cc(C(=O)N2CCC[C@@H]2CN[C@@](CC(C)C)(C(=O)O)C2CCCC2)c(OCc2ccccc2)cc1OCc1ccccc1. The van der Waals surface area contributed by atoms with Crippen LogP contribution in [0.25, 0.3) is 5.57 Å². The van der Waals surface area contributed by atoms with Gasteiger partial charge in [0.1, 0.15) is 30.3 Å². The Hall–Kier alpha value is -4.10. The van der Waals surface area contributed by atoms with Gasteiger partial charge in [-0.2, -0.15) is 0 Å². The number of aliphatic carboxylic acids is 1. The summed E-state index contributed by atoms with van der Waals surface area (Å²) in [5.41, 5.74) is 3.04. The molecular formula is C40H50N2O5. The molecule has 1 aliphatic heterocycles. The highest BCUT2D eigenvalue weighted by atomic mass is 16.5. The number of likely N-dealkylation sites (tertiary alicyclic amines) is 1. The van der Waals surface area contributed by atoms with Crippen LogP contribution in [-0.2, 0) is 18.0 Å². The molecule has 3 aromatic carbocycles. The van der Waals surface area contributed by atoms with Gasteiger partial charge in [-0.15, -0.1) is 0 Å². The number of benzene rings is 3. The fraction of sp³-hybridized carbons (Fsp3) is 0.450. The van der Waals surface area contributed by atoms with Gasteiger partial charge in [-0.05, 0) is 73.6 Å². The molecule has 1 amide bonds. The predicted octanol–water partition coefficient (Wildman–Crippen LogP) is 8.13. The van der Waals surface area contributed by atoms with Gasteiger partial charge < -0.3 is 19.5 Å². The number of rotatable bonds is 15. The summed E-state index contributed by atoms with van der Waals surface area (Å²) in [6.45, 7) is 12.0. The van der Waals surface area contributed by atoms with Crippen LogP contribution in [0.3, 0.4) is 0 Å². The van der Waals surface area contributed by atoms with Crippen molar-refractivity contribution in [3.05, 3.63) is 102 Å². The van der Waals surface area contributed by atoms with Crippen LogP contribution in [0.1, 0.15) is 92.8 Å². The minimum Gasteiger partial charge on any atom is -0.488 e. The second-order valence-corrected chi connectivity index (χ2v) is 13.7. The number of carboxylic acid groups (broad SMARTS) is 1. The molecule has 7 nitrogen and oxygen atoms in total. The molecule has 2 N–H and O–H groups in total. The van der Waals surface area contributed by atoms with Gasteiger partial charge in [-0.1, -0.05) is 93.9 Å². The zero-order valence-electron chi connectivity index (χ0n) is 28.2. The summed E-state index contributed by atoms with van der Waals surface area (Å²) in [5, 5.41) is 14.2. The predicted molar refractivity (Wildman–Crippen MR) is 187 cm³/mol. The number of hydrogen-bond acceptors (Lipinski definition) is 5. The Labute approximate surface area is 280 Å². The maximum absolute atomic E-state index is 14.5. The Balaban J connectivity index is 1.43. The monoisotopic (exact) mass is 638 g/mol. The standard InChI is InChI=1S/C40H50N2O5/c1-28(2)24-40(39(44)45,32-18-11-12-19-32)41-25-33-20-13-21-42(33)38(43)35-22-34(29(3)4)36(46-26-30-14-7-5-8-15-30)23-37(35)47-27-31-16-9-6-10-17-31/h5-10,14-17,22-23,28,32-33,41H,3,11-13,18-21,24-27H2,1-2,4H3,(H,44,45)/t33-,40-/m1/s1. The number of hydrogen-bond donors (Lipinski definition) is 2. The van der Waals surface area contributed by atoms with Crippen LogP contribution in [-0.4, -0.2) is 46.6 Å². The highest BCUT2D eigenvalue weighted by Gasteiger charge is 2.47. The van der Waals surface area contributed by atoms with E-state index in [1.807, 2.05) is 84.6 Å². The highest BCUT2D eigenvalue weighted by molar-refractivity contribution is 5.99. The first-order valence-electron chi connectivity index (χ1n) is 17.1. The number of amides is 1. The summed E-state index contributed by atoms with van der Waals surface area (Å²) in [7, 11) is 0. The van der Waals surface area contributed by atoms with Crippen molar-refractivity contribution in [2.45, 2.75) is 90.5 Å². The van der Waals surface area contributed by atoms with Crippen LogP contribution in [0.5, 0.6) is 11.5 Å². The van der Waals surface area contributed by atoms with Crippen molar-refractivity contribution in [2.75, 3.05) is 13.1 Å². The molecule has 1 aliphatic carbocycles. The molecule has 0 radical (unpaired) electrons. The van der Waals surface area contributed by atoms with Crippen molar-refractivity contribution < 1.29 is 24.2 Å². The Bertz CT molecular complexity index is 1520. The Morgan fingerprint density at radius 1 is 0.894 bits per heavy atom. The fourth-order valence-corrected chi connectivity index (χ4v) is 7.32. The average Bonchev–Trinajstić information content (AvgIpc) is 3.78. The third-order valence-corrected chi connectivity index (χ3v) is 9.70. The number of nitrogens with zero attached hydrogens (tertiary/aromatic N) is 1. The van der Waals surface area contributed by atoms with Gasteiger partial charge in [0.2, 0.25) is 0 Å². The van der Waals surface area contributed by atoms with Gasteiger partial charge in [-0.25, -0.2) is 0 Å². The third kappa shape index (κ3) is 8.25. The van der Waals surface area contributed by atoms with Crippen LogP contribution in [0.4, 0.5) is 0 Å². The van der Waals surface area contributed by atoms with Crippen molar-refractivity contribution in [2.24, 2.45) is 11.8 Å². The number of carboxylic acids is 1. The van der Waals surface area contributed by atoms with Crippen LogP contribution >= 0.6 is 0 Å². The molecule has 2 atom stereocenters. The van der Waals surface area contributed by atoms with E-state index in [9.17, 15) is 14.7 Å². The summed E-state index contributed by atoms with van der Waals surface area (Å²) in [6.07, 6.45) is 6.21. The van der Waals surface area contributed by atoms with E-state index >= 15 is 0 Å². The van der Waals surface area contributed by atoms with Gasteiger partial charge in [-0.3, -0.25) is 14.9 Å². The van der Waals surface area contributed by atoms with Crippen molar-refractivity contribution in [3.63, 3.8) is 0 Å². The summed E-state index contributed by atoms with van der Waals surface area (Å²) in [4.78, 5) is 29.3. The van der Waals surface area contributed by atoms with E-state index in [4.69, 9.17) is 9.47 Å². The van der Waals surface area contributed by atoms with Gasteiger partial charge >= 0.3 is 5.97 Å². The zero-order valence-corrected chi connectivity index (χ0v) is 28.2. The van der Waals surface area contributed by atoms with Crippen molar-refractivity contribution in [3.8, 4) is 11.5 Å². The first kappa shape index (κ1) is 34.2. The van der Waals surface area contributed by atoms with Crippen LogP contribution < -0.4 is 14.8 Å². The number of nitrogens with one attached hydrogen (secondary N) is 1. The molecule has 1 saturated heterocycles. The number of ether oxygens (including phenoxy) is 2. The van der Waals surface area contributed by atoms with Crippen molar-refractivity contribution in [1.29, 1.82) is 0 Å². The highest BCUT2D eigenvalue weighted by Crippen LogP contribution is 2.39. The van der Waals surface area contributed by atoms with E-state index in [-0.39, 0.29) is 23.8 Å². The van der Waals surface area contributed by atoms with E-state index in [1.54, 1.807) is 0 Å². The summed E-state index contributed by atoms with van der Waals surface area (Å²) < 4.78 is 12.7. The van der Waals surface area contributed by atoms with E-state index in [1.165, 1.54) is 0 Å². The molecule has 0 aromatic heterocycles. The fourth-order valence-electron chi connectivity index (χ4n) is 7.32. The van der Waals surface area contributed by atoms with E-state index in [0.717, 1.165) is 60.8 Å². The molecule has 2 aliphatic rings. The number of carbonyl (C=O) groups is 2. The first-order chi connectivity index (χ1) is 22.7. The quantitative estimate of drug-likeness (QED) is 0.175. The second kappa shape index (κ2) is 15.7. The second-order valence-electron chi connectivity index (χ2n) is 13.7. The molecule has 1 heterocycles. The molecule has 7 heteroatoms. The molecule has 2 fully saturated rings. The summed E-state index contributed by atoms with van der Waals surface area (Å²) >= 11 is 0. The average molecular weight is 639 g/mol. The van der Waals surface area contributed by atoms with Crippen LogP contribution in [0.15, 0.2) is 79.4 Å². The van der Waals surface area contributed by atoms with E-state index in [0.29, 0.717) is 49.8 Å². The maximum Gasteiger partial charge on any atom is 0.324 e. The minimum atomic E-state index is -0.989. The number of allylic oxidation sites excluding steroid dienone is 1. The van der Waals surface area contributed by atoms with Gasteiger partial charge in [0.25, 0.3) is 5.91 Å². The summed E-state index contributed by atoms with van der Waals surface area (Å²) in [6, 6.07) is 23.4. The van der Waals surface area contributed by atoms with Crippen LogP contribution in [0, 0.1) is 11.8 Å². The van der Waals surface area contributed by atoms with E-state index in [2.05, 4.69) is 25.7 Å². The summed E-state index contributed by atoms with van der Waals surface area (Å²) in [5.74, 6) is 0.483. The molecule has 250 valence electrons. The lowest BCUT2D eigenvalue weighted by Crippen LogP contribution is -2.60. The first-order valence-corrected chi connectivity index (χ1v) is 17.1. The molecular weight excluding hydrogens is 588 g/mol. The maximum atomic E-state index is 14.5. The van der Waals surface area contributed by atoms with Gasteiger partial charge in [0.15, 0.2) is 0 Å². The smallest absolute Gasteiger partial charge is 0.324 e. The lowest BCUT2D eigenvalue weighted by atomic mass is 9.76. The molecule has 3 aromatic rings. The van der Waals surface area contributed by atoms with Crippen molar-refractivity contribution in [1.82, 2.24) is 10.2 Å². The largest absolute Gasteiger partial charge is 0.488 e. The number of carbonyl (C=O) groups excluding carboxylic acids is 1. The Morgan fingerprint density at radius 3 is 2.00 bits per heavy atom. The van der Waals surface area contributed by atoms with Crippen LogP contribution in [0.2, 0.25) is 0 Å². The Kier molecular flexibility index (Phi) is 11.4. The molecule has 0 bridgehead atoms. The van der Waals surface area contributed by atoms with Crippen molar-refractivity contribution >= 4 is 17.4 Å². The normalized spacial score (nSPS) is 17.9. The van der Waals surface area contributed by atoms with E-state index < -0.39 is 11.5 Å². The van der Waals surface area contributed by atoms with Gasteiger partial charge in [0, 0.05) is 30.8 Å². The minimum absolute atomic E-state index is 0.0903. The molecule has 1 saturated carbocycles. The topological polar surface area (TPSA) is 88.1 Å². The zero-order chi connectivity index (χ0) is 33.4. The van der Waals surface area contributed by atoms with Gasteiger partial charge in [0.05, 0.1) is 5.56 Å². The lowest BCUT2D eigenvalue weighted by molar-refractivity contribution is -0.148. The molecule has 0 spiro atoms. The Morgan fingerprint density at radius 2 is 1.47 bits per heavy atom. The third-order valence-electron chi connectivity index (χ3n) is 9.70. The molecule has 5 rings (SSSR count). The lowest BCUT2D eigenvalue weighted by Gasteiger charge is -2.39. The molecule has 0 unspecified atom stereocenters.